The molecule has 2 aromatic carbocycles. The molecule has 1 heterocycles. The second-order valence-electron chi connectivity index (χ2n) is 5.95. The highest BCUT2D eigenvalue weighted by molar-refractivity contribution is 5.54. The summed E-state index contributed by atoms with van der Waals surface area (Å²) < 4.78 is 0. The molecule has 1 N–H and O–H groups in total. The molecule has 2 aromatic rings. The normalized spacial score (nSPS) is 13.7. The Balaban J connectivity index is 1.73. The summed E-state index contributed by atoms with van der Waals surface area (Å²) in [7, 11) is 0. The zero-order valence-corrected chi connectivity index (χ0v) is 12.5. The molecule has 1 nitrogen and oxygen atoms in total. The fraction of sp³-hybridized carbons (Fsp3) is 0.368. The number of fused-ring (bicyclic) bond motifs is 1. The molecule has 1 aliphatic heterocycles. The van der Waals surface area contributed by atoms with E-state index in [1.807, 2.05) is 0 Å². The van der Waals surface area contributed by atoms with Crippen LogP contribution in [0.25, 0.3) is 0 Å². The van der Waals surface area contributed by atoms with Crippen LogP contribution in [0, 0.1) is 13.8 Å². The van der Waals surface area contributed by atoms with Gasteiger partial charge in [-0.15, -0.1) is 0 Å². The van der Waals surface area contributed by atoms with Crippen LogP contribution in [-0.2, 0) is 19.3 Å². The number of anilines is 1. The largest absolute Gasteiger partial charge is 0.385 e. The highest BCUT2D eigenvalue weighted by Gasteiger charge is 2.09. The van der Waals surface area contributed by atoms with Crippen LogP contribution in [0.1, 0.15) is 34.2 Å². The van der Waals surface area contributed by atoms with Crippen LogP contribution in [0.2, 0.25) is 0 Å². The Morgan fingerprint density at radius 1 is 1.00 bits per heavy atom. The van der Waals surface area contributed by atoms with Crippen LogP contribution in [-0.4, -0.2) is 6.54 Å². The van der Waals surface area contributed by atoms with Gasteiger partial charge in [0.1, 0.15) is 0 Å². The highest BCUT2D eigenvalue weighted by Crippen LogP contribution is 2.24. The van der Waals surface area contributed by atoms with E-state index < -0.39 is 0 Å². The van der Waals surface area contributed by atoms with Gasteiger partial charge in [-0.1, -0.05) is 35.9 Å². The van der Waals surface area contributed by atoms with Crippen LogP contribution in [0.3, 0.4) is 0 Å². The SMILES string of the molecule is Cc1ccc(C)c(CCc2ccc3c(c2)CCCN3)c1. The molecule has 0 saturated heterocycles. The maximum Gasteiger partial charge on any atom is 0.0372 e. The minimum Gasteiger partial charge on any atom is -0.385 e. The monoisotopic (exact) mass is 265 g/mol. The van der Waals surface area contributed by atoms with E-state index in [0.717, 1.165) is 19.4 Å². The summed E-state index contributed by atoms with van der Waals surface area (Å²) in [6, 6.07) is 13.7. The van der Waals surface area contributed by atoms with Crippen molar-refractivity contribution < 1.29 is 0 Å². The standard InChI is InChI=1S/C19H23N/c1-14-5-6-15(2)17(12-14)9-7-16-8-10-19-18(13-16)4-3-11-20-19/h5-6,8,10,12-13,20H,3-4,7,9,11H2,1-2H3. The molecule has 0 fully saturated rings. The van der Waals surface area contributed by atoms with Crippen LogP contribution < -0.4 is 5.32 Å². The molecule has 0 spiro atoms. The van der Waals surface area contributed by atoms with Crippen molar-refractivity contribution >= 4 is 5.69 Å². The van der Waals surface area contributed by atoms with Gasteiger partial charge < -0.3 is 5.32 Å². The molecule has 0 saturated carbocycles. The number of aryl methyl sites for hydroxylation is 5. The van der Waals surface area contributed by atoms with E-state index in [0.29, 0.717) is 0 Å². The van der Waals surface area contributed by atoms with Gasteiger partial charge in [-0.05, 0) is 67.9 Å². The average Bonchev–Trinajstić information content (AvgIpc) is 2.48. The Morgan fingerprint density at radius 2 is 1.90 bits per heavy atom. The third kappa shape index (κ3) is 2.87. The van der Waals surface area contributed by atoms with Gasteiger partial charge in [-0.25, -0.2) is 0 Å². The van der Waals surface area contributed by atoms with E-state index in [2.05, 4.69) is 55.6 Å². The van der Waals surface area contributed by atoms with Gasteiger partial charge in [0.2, 0.25) is 0 Å². The van der Waals surface area contributed by atoms with E-state index >= 15 is 0 Å². The van der Waals surface area contributed by atoms with Crippen molar-refractivity contribution in [1.29, 1.82) is 0 Å². The van der Waals surface area contributed by atoms with Crippen LogP contribution in [0.15, 0.2) is 36.4 Å². The first kappa shape index (κ1) is 13.2. The third-order valence-electron chi connectivity index (χ3n) is 4.30. The van der Waals surface area contributed by atoms with Gasteiger partial charge in [0.25, 0.3) is 0 Å². The molecule has 0 bridgehead atoms. The quantitative estimate of drug-likeness (QED) is 0.864. The number of nitrogens with one attached hydrogen (secondary N) is 1. The van der Waals surface area contributed by atoms with Crippen molar-refractivity contribution in [3.8, 4) is 0 Å². The van der Waals surface area contributed by atoms with E-state index in [-0.39, 0.29) is 0 Å². The van der Waals surface area contributed by atoms with Crippen molar-refractivity contribution in [2.45, 2.75) is 39.5 Å². The average molecular weight is 265 g/mol. The predicted octanol–water partition coefficient (Wildman–Crippen LogP) is 4.45. The fourth-order valence-corrected chi connectivity index (χ4v) is 3.03. The topological polar surface area (TPSA) is 12.0 Å². The molecule has 20 heavy (non-hydrogen) atoms. The first-order chi connectivity index (χ1) is 9.72. The lowest BCUT2D eigenvalue weighted by Gasteiger charge is -2.18. The zero-order valence-electron chi connectivity index (χ0n) is 12.5. The second kappa shape index (κ2) is 5.70. The van der Waals surface area contributed by atoms with E-state index in [4.69, 9.17) is 0 Å². The summed E-state index contributed by atoms with van der Waals surface area (Å²) >= 11 is 0. The van der Waals surface area contributed by atoms with Crippen LogP contribution in [0.4, 0.5) is 5.69 Å². The first-order valence-electron chi connectivity index (χ1n) is 7.64. The Hall–Kier alpha value is -1.76. The Morgan fingerprint density at radius 3 is 2.80 bits per heavy atom. The predicted molar refractivity (Wildman–Crippen MR) is 86.6 cm³/mol. The summed E-state index contributed by atoms with van der Waals surface area (Å²) in [5.41, 5.74) is 8.56. The van der Waals surface area contributed by atoms with E-state index in [1.165, 1.54) is 46.3 Å². The smallest absolute Gasteiger partial charge is 0.0372 e. The summed E-state index contributed by atoms with van der Waals surface area (Å²) in [6.45, 7) is 5.51. The molecule has 0 aromatic heterocycles. The summed E-state index contributed by atoms with van der Waals surface area (Å²) in [4.78, 5) is 0. The lowest BCUT2D eigenvalue weighted by molar-refractivity contribution is 0.825. The maximum atomic E-state index is 3.48. The van der Waals surface area contributed by atoms with Gasteiger partial charge >= 0.3 is 0 Å². The molecule has 1 heteroatoms. The van der Waals surface area contributed by atoms with Crippen LogP contribution >= 0.6 is 0 Å². The first-order valence-corrected chi connectivity index (χ1v) is 7.64. The van der Waals surface area contributed by atoms with Gasteiger partial charge in [-0.2, -0.15) is 0 Å². The van der Waals surface area contributed by atoms with Crippen molar-refractivity contribution in [2.24, 2.45) is 0 Å². The van der Waals surface area contributed by atoms with Gasteiger partial charge in [0.05, 0.1) is 0 Å². The van der Waals surface area contributed by atoms with Gasteiger partial charge in [-0.3, -0.25) is 0 Å². The molecule has 3 rings (SSSR count). The number of hydrogen-bond acceptors (Lipinski definition) is 1. The van der Waals surface area contributed by atoms with Gasteiger partial charge in [0, 0.05) is 12.2 Å². The number of rotatable bonds is 3. The summed E-state index contributed by atoms with van der Waals surface area (Å²) in [6.07, 6.45) is 4.75. The van der Waals surface area contributed by atoms with E-state index in [1.54, 1.807) is 0 Å². The molecule has 104 valence electrons. The summed E-state index contributed by atoms with van der Waals surface area (Å²) in [5.74, 6) is 0. The number of hydrogen-bond donors (Lipinski definition) is 1. The Labute approximate surface area is 122 Å². The Bertz CT molecular complexity index is 613. The van der Waals surface area contributed by atoms with Crippen molar-refractivity contribution in [3.63, 3.8) is 0 Å². The summed E-state index contributed by atoms with van der Waals surface area (Å²) in [5, 5.41) is 3.48. The van der Waals surface area contributed by atoms with E-state index in [9.17, 15) is 0 Å². The minimum absolute atomic E-state index is 1.12. The lowest BCUT2D eigenvalue weighted by Crippen LogP contribution is -2.11. The second-order valence-corrected chi connectivity index (χ2v) is 5.95. The lowest BCUT2D eigenvalue weighted by atomic mass is 9.95. The van der Waals surface area contributed by atoms with Crippen LogP contribution in [0.5, 0.6) is 0 Å². The maximum absolute atomic E-state index is 3.48. The molecule has 0 atom stereocenters. The molecule has 0 radical (unpaired) electrons. The Kier molecular flexibility index (Phi) is 3.77. The molecular weight excluding hydrogens is 242 g/mol. The molecule has 1 aliphatic rings. The molecule has 0 amide bonds. The van der Waals surface area contributed by atoms with Crippen molar-refractivity contribution in [2.75, 3.05) is 11.9 Å². The highest BCUT2D eigenvalue weighted by atomic mass is 14.9. The molecule has 0 unspecified atom stereocenters. The van der Waals surface area contributed by atoms with Gasteiger partial charge in [0.15, 0.2) is 0 Å². The number of benzene rings is 2. The zero-order chi connectivity index (χ0) is 13.9. The molecular formula is C19H23N. The third-order valence-corrected chi connectivity index (χ3v) is 4.30. The van der Waals surface area contributed by atoms with Crippen molar-refractivity contribution in [3.05, 3.63) is 64.2 Å². The fourth-order valence-electron chi connectivity index (χ4n) is 3.03. The minimum atomic E-state index is 1.12. The molecule has 0 aliphatic carbocycles. The van der Waals surface area contributed by atoms with Crippen molar-refractivity contribution in [1.82, 2.24) is 0 Å².